The summed E-state index contributed by atoms with van der Waals surface area (Å²) < 4.78 is 56.6. The first-order valence-electron chi connectivity index (χ1n) is 8.93. The Balaban J connectivity index is 1.78. The number of hydrogen-bond acceptors (Lipinski definition) is 7. The summed E-state index contributed by atoms with van der Waals surface area (Å²) in [5, 5.41) is 9.63. The van der Waals surface area contributed by atoms with Crippen molar-refractivity contribution in [2.45, 2.75) is 51.7 Å². The highest BCUT2D eigenvalue weighted by molar-refractivity contribution is 5.81. The molecule has 1 fully saturated rings. The minimum Gasteiger partial charge on any atom is -0.504 e. The second-order valence-corrected chi connectivity index (χ2v) is 7.57. The Morgan fingerprint density at radius 3 is 2.38 bits per heavy atom. The minimum absolute atomic E-state index is 0.00659. The second-order valence-electron chi connectivity index (χ2n) is 7.57. The molecule has 1 aromatic rings. The van der Waals surface area contributed by atoms with Gasteiger partial charge in [-0.3, -0.25) is 9.59 Å². The van der Waals surface area contributed by atoms with Gasteiger partial charge < -0.3 is 24.1 Å². The molecule has 0 saturated heterocycles. The first-order valence-corrected chi connectivity index (χ1v) is 8.93. The van der Waals surface area contributed by atoms with Crippen molar-refractivity contribution >= 4 is 12.3 Å². The Morgan fingerprint density at radius 1 is 1.17 bits per heavy atom. The molecule has 1 aliphatic carbocycles. The number of esters is 1. The van der Waals surface area contributed by atoms with E-state index in [0.717, 1.165) is 12.1 Å². The third-order valence-corrected chi connectivity index (χ3v) is 3.97. The van der Waals surface area contributed by atoms with Crippen LogP contribution in [-0.2, 0) is 14.3 Å². The van der Waals surface area contributed by atoms with Crippen LogP contribution >= 0.6 is 0 Å². The van der Waals surface area contributed by atoms with Crippen LogP contribution in [0, 0.1) is 5.92 Å². The number of alkyl halides is 3. The summed E-state index contributed by atoms with van der Waals surface area (Å²) in [6.07, 6.45) is -3.79. The molecule has 1 aromatic carbocycles. The van der Waals surface area contributed by atoms with E-state index in [2.05, 4.69) is 4.74 Å². The fraction of sp³-hybridized carbons (Fsp3) is 0.579. The summed E-state index contributed by atoms with van der Waals surface area (Å²) in [6, 6.07) is 1.61. The Labute approximate surface area is 165 Å². The van der Waals surface area contributed by atoms with Gasteiger partial charge in [-0.15, -0.1) is 13.2 Å². The lowest BCUT2D eigenvalue weighted by molar-refractivity contribution is -0.275. The average Bonchev–Trinajstić information content (AvgIpc) is 2.52. The molecule has 0 aliphatic heterocycles. The molecular formula is C19H23F3O7. The first kappa shape index (κ1) is 22.8. The van der Waals surface area contributed by atoms with E-state index in [-0.39, 0.29) is 48.8 Å². The maximum atomic E-state index is 12.3. The topological polar surface area (TPSA) is 91.3 Å². The predicted octanol–water partition coefficient (Wildman–Crippen LogP) is 3.62. The van der Waals surface area contributed by atoms with Gasteiger partial charge in [-0.25, -0.2) is 0 Å². The predicted molar refractivity (Wildman–Crippen MR) is 94.0 cm³/mol. The summed E-state index contributed by atoms with van der Waals surface area (Å²) in [7, 11) is 0. The third-order valence-electron chi connectivity index (χ3n) is 3.97. The number of carbonyl (C=O) groups is 2. The molecule has 1 saturated carbocycles. The van der Waals surface area contributed by atoms with Gasteiger partial charge in [0.25, 0.3) is 0 Å². The van der Waals surface area contributed by atoms with E-state index >= 15 is 0 Å². The Morgan fingerprint density at radius 2 is 1.83 bits per heavy atom. The van der Waals surface area contributed by atoms with Crippen molar-refractivity contribution in [2.75, 3.05) is 13.2 Å². The molecule has 0 atom stereocenters. The normalized spacial score (nSPS) is 19.2. The second kappa shape index (κ2) is 8.89. The van der Waals surface area contributed by atoms with Crippen LogP contribution in [0.5, 0.6) is 17.2 Å². The number of rotatable bonds is 8. The summed E-state index contributed by atoms with van der Waals surface area (Å²) >= 11 is 0. The largest absolute Gasteiger partial charge is 0.573 e. The molecule has 2 rings (SSSR count). The molecule has 1 N–H and O–H groups in total. The molecule has 7 nitrogen and oxygen atoms in total. The molecule has 0 heterocycles. The van der Waals surface area contributed by atoms with Gasteiger partial charge >= 0.3 is 12.3 Å². The highest BCUT2D eigenvalue weighted by Crippen LogP contribution is 2.36. The van der Waals surface area contributed by atoms with E-state index in [0.29, 0.717) is 12.8 Å². The van der Waals surface area contributed by atoms with Gasteiger partial charge in [-0.1, -0.05) is 0 Å². The van der Waals surface area contributed by atoms with E-state index in [1.807, 2.05) is 0 Å². The van der Waals surface area contributed by atoms with Crippen LogP contribution in [0.25, 0.3) is 0 Å². The molecule has 0 amide bonds. The zero-order chi connectivity index (χ0) is 21.8. The summed E-state index contributed by atoms with van der Waals surface area (Å²) in [6.45, 7) is 5.51. The van der Waals surface area contributed by atoms with Crippen molar-refractivity contribution < 1.29 is 46.8 Å². The maximum Gasteiger partial charge on any atom is 0.573 e. The fourth-order valence-electron chi connectivity index (χ4n) is 2.63. The van der Waals surface area contributed by atoms with Gasteiger partial charge in [0.2, 0.25) is 0 Å². The van der Waals surface area contributed by atoms with Gasteiger partial charge in [0.1, 0.15) is 18.0 Å². The smallest absolute Gasteiger partial charge is 0.504 e. The van der Waals surface area contributed by atoms with Gasteiger partial charge in [0.15, 0.2) is 17.8 Å². The fourth-order valence-corrected chi connectivity index (χ4v) is 2.63. The van der Waals surface area contributed by atoms with Crippen molar-refractivity contribution in [3.05, 3.63) is 17.7 Å². The van der Waals surface area contributed by atoms with Gasteiger partial charge in [-0.2, -0.15) is 0 Å². The highest BCUT2D eigenvalue weighted by Gasteiger charge is 2.38. The van der Waals surface area contributed by atoms with Crippen molar-refractivity contribution in [1.29, 1.82) is 0 Å². The molecule has 1 aliphatic rings. The van der Waals surface area contributed by atoms with E-state index in [4.69, 9.17) is 14.2 Å². The number of phenolic OH excluding ortho intramolecular Hbond substituents is 1. The average molecular weight is 420 g/mol. The van der Waals surface area contributed by atoms with Crippen LogP contribution in [0.2, 0.25) is 0 Å². The van der Waals surface area contributed by atoms with E-state index in [1.165, 1.54) is 0 Å². The van der Waals surface area contributed by atoms with Crippen LogP contribution in [-0.4, -0.2) is 48.6 Å². The van der Waals surface area contributed by atoms with Crippen LogP contribution in [0.1, 0.15) is 44.0 Å². The van der Waals surface area contributed by atoms with E-state index in [9.17, 15) is 27.9 Å². The highest BCUT2D eigenvalue weighted by atomic mass is 19.4. The number of aldehydes is 1. The van der Waals surface area contributed by atoms with Crippen LogP contribution < -0.4 is 9.47 Å². The lowest BCUT2D eigenvalue weighted by Crippen LogP contribution is -2.40. The van der Waals surface area contributed by atoms with Crippen molar-refractivity contribution in [3.63, 3.8) is 0 Å². The SMILES string of the molecule is CC(C)(C)OC(=O)[C@H]1C[C@@H](OCCOc2cc(O)c(OC(F)(F)F)cc2C=O)C1. The lowest BCUT2D eigenvalue weighted by atomic mass is 9.82. The molecule has 0 unspecified atom stereocenters. The Bertz CT molecular complexity index is 735. The molecule has 162 valence electrons. The van der Waals surface area contributed by atoms with Gasteiger partial charge in [-0.05, 0) is 39.7 Å². The monoisotopic (exact) mass is 420 g/mol. The number of hydrogen-bond donors (Lipinski definition) is 1. The number of ether oxygens (including phenoxy) is 4. The van der Waals surface area contributed by atoms with Crippen LogP contribution in [0.4, 0.5) is 13.2 Å². The van der Waals surface area contributed by atoms with Crippen LogP contribution in [0.15, 0.2) is 12.1 Å². The third kappa shape index (κ3) is 7.12. The minimum atomic E-state index is -5.01. The zero-order valence-corrected chi connectivity index (χ0v) is 16.2. The molecule has 10 heteroatoms. The molecule has 0 spiro atoms. The molecule has 0 aromatic heterocycles. The number of halogens is 3. The van der Waals surface area contributed by atoms with E-state index in [1.54, 1.807) is 20.8 Å². The van der Waals surface area contributed by atoms with Crippen molar-refractivity contribution in [2.24, 2.45) is 5.92 Å². The Kier molecular flexibility index (Phi) is 6.99. The molecule has 29 heavy (non-hydrogen) atoms. The number of carbonyl (C=O) groups excluding carboxylic acids is 2. The van der Waals surface area contributed by atoms with E-state index < -0.39 is 23.5 Å². The molecular weight excluding hydrogens is 397 g/mol. The maximum absolute atomic E-state index is 12.3. The quantitative estimate of drug-likeness (QED) is 0.390. The zero-order valence-electron chi connectivity index (χ0n) is 16.2. The number of phenols is 1. The summed E-state index contributed by atoms with van der Waals surface area (Å²) in [4.78, 5) is 23.0. The standard InChI is InChI=1S/C19H23F3O7/c1-18(2,3)29-17(25)11-6-13(7-11)26-4-5-27-15-9-14(24)16(8-12(15)10-23)28-19(20,21)22/h8-11,13,24H,4-7H2,1-3H3/t11-,13+. The van der Waals surface area contributed by atoms with Crippen LogP contribution in [0.3, 0.4) is 0 Å². The van der Waals surface area contributed by atoms with Crippen molar-refractivity contribution in [1.82, 2.24) is 0 Å². The molecule has 0 radical (unpaired) electrons. The van der Waals surface area contributed by atoms with Gasteiger partial charge in [0, 0.05) is 6.07 Å². The summed E-state index contributed by atoms with van der Waals surface area (Å²) in [5.41, 5.74) is -0.755. The Hall–Kier alpha value is -2.49. The summed E-state index contributed by atoms with van der Waals surface area (Å²) in [5.74, 6) is -2.29. The number of benzene rings is 1. The molecule has 0 bridgehead atoms. The van der Waals surface area contributed by atoms with Gasteiger partial charge in [0.05, 0.1) is 24.2 Å². The first-order chi connectivity index (χ1) is 13.4. The van der Waals surface area contributed by atoms with Crippen molar-refractivity contribution in [3.8, 4) is 17.2 Å². The number of aromatic hydroxyl groups is 1. The lowest BCUT2D eigenvalue weighted by Gasteiger charge is -2.35.